The Kier molecular flexibility index (Phi) is 3.63. The Hall–Kier alpha value is -1.25. The molecule has 0 aliphatic carbocycles. The van der Waals surface area contributed by atoms with E-state index in [1.807, 2.05) is 0 Å². The molecular weight excluding hydrogens is 282 g/mol. The Labute approximate surface area is 119 Å². The molecule has 3 heterocycles. The van der Waals surface area contributed by atoms with Crippen LogP contribution in [0.4, 0.5) is 5.13 Å². The van der Waals surface area contributed by atoms with Gasteiger partial charge in [0.15, 0.2) is 11.0 Å². The van der Waals surface area contributed by atoms with Crippen molar-refractivity contribution < 1.29 is 4.74 Å². The van der Waals surface area contributed by atoms with Crippen LogP contribution in [-0.2, 0) is 11.3 Å². The second-order valence-electron chi connectivity index (χ2n) is 4.41. The fourth-order valence-corrected chi connectivity index (χ4v) is 3.39. The summed E-state index contributed by atoms with van der Waals surface area (Å²) in [5.74, 6) is 0.736. The molecule has 0 spiro atoms. The summed E-state index contributed by atoms with van der Waals surface area (Å²) in [4.78, 5) is 12.3. The summed E-state index contributed by atoms with van der Waals surface area (Å²) in [6.07, 6.45) is 2.47. The van der Waals surface area contributed by atoms with Crippen LogP contribution >= 0.6 is 23.6 Å². The smallest absolute Gasteiger partial charge is 0.213 e. The molecule has 1 saturated heterocycles. The van der Waals surface area contributed by atoms with E-state index in [0.717, 1.165) is 34.6 Å². The number of rotatable bonds is 4. The molecule has 2 N–H and O–H groups in total. The van der Waals surface area contributed by atoms with Crippen LogP contribution in [0.3, 0.4) is 0 Å². The molecule has 1 aliphatic heterocycles. The average molecular weight is 297 g/mol. The van der Waals surface area contributed by atoms with Gasteiger partial charge in [-0.1, -0.05) is 11.3 Å². The molecule has 0 saturated carbocycles. The van der Waals surface area contributed by atoms with Gasteiger partial charge in [-0.3, -0.25) is 10.2 Å². The number of hydrogen-bond acceptors (Lipinski definition) is 6. The van der Waals surface area contributed by atoms with Crippen molar-refractivity contribution in [1.29, 1.82) is 0 Å². The number of thiazole rings is 1. The number of methoxy groups -OCH3 is 1. The van der Waals surface area contributed by atoms with Crippen molar-refractivity contribution in [2.45, 2.75) is 19.4 Å². The Morgan fingerprint density at radius 3 is 2.74 bits per heavy atom. The van der Waals surface area contributed by atoms with Crippen molar-refractivity contribution in [2.75, 3.05) is 25.1 Å². The monoisotopic (exact) mass is 297 g/mol. The lowest BCUT2D eigenvalue weighted by molar-refractivity contribution is 0.182. The van der Waals surface area contributed by atoms with Crippen LogP contribution in [0.1, 0.15) is 18.5 Å². The van der Waals surface area contributed by atoms with Crippen molar-refractivity contribution in [1.82, 2.24) is 20.2 Å². The van der Waals surface area contributed by atoms with Crippen molar-refractivity contribution in [3.63, 3.8) is 0 Å². The number of nitrogens with one attached hydrogen (secondary N) is 2. The molecule has 2 aromatic heterocycles. The standard InChI is InChI=1S/C11H15N5OS2/c1-17-6-7-8(9-13-10(18)15-14-9)19-11(12-7)16-4-2-3-5-16/h2-6H2,1H3,(H2,13,14,15,18). The molecule has 19 heavy (non-hydrogen) atoms. The maximum Gasteiger partial charge on any atom is 0.213 e. The highest BCUT2D eigenvalue weighted by Crippen LogP contribution is 2.34. The lowest BCUT2D eigenvalue weighted by Crippen LogP contribution is -2.17. The predicted octanol–water partition coefficient (Wildman–Crippen LogP) is 2.34. The van der Waals surface area contributed by atoms with E-state index in [0.29, 0.717) is 11.4 Å². The van der Waals surface area contributed by atoms with Gasteiger partial charge >= 0.3 is 0 Å². The van der Waals surface area contributed by atoms with Gasteiger partial charge < -0.3 is 9.64 Å². The molecule has 0 bridgehead atoms. The topological polar surface area (TPSA) is 69.8 Å². The number of ether oxygens (including phenoxy) is 1. The molecule has 1 fully saturated rings. The summed E-state index contributed by atoms with van der Waals surface area (Å²) >= 11 is 6.64. The van der Waals surface area contributed by atoms with E-state index in [9.17, 15) is 0 Å². The fourth-order valence-electron chi connectivity index (χ4n) is 2.18. The maximum atomic E-state index is 5.22. The molecule has 0 radical (unpaired) electrons. The van der Waals surface area contributed by atoms with Gasteiger partial charge in [0.1, 0.15) is 0 Å². The summed E-state index contributed by atoms with van der Waals surface area (Å²) in [6.45, 7) is 2.64. The number of nitrogens with zero attached hydrogens (tertiary/aromatic N) is 3. The van der Waals surface area contributed by atoms with Crippen LogP contribution < -0.4 is 4.90 Å². The maximum absolute atomic E-state index is 5.22. The van der Waals surface area contributed by atoms with E-state index in [2.05, 4.69) is 25.1 Å². The van der Waals surface area contributed by atoms with Crippen molar-refractivity contribution in [3.8, 4) is 10.7 Å². The van der Waals surface area contributed by atoms with Crippen molar-refractivity contribution >= 4 is 28.7 Å². The van der Waals surface area contributed by atoms with Gasteiger partial charge in [-0.2, -0.15) is 4.98 Å². The zero-order chi connectivity index (χ0) is 13.2. The molecule has 102 valence electrons. The number of aromatic amines is 2. The van der Waals surface area contributed by atoms with E-state index in [1.54, 1.807) is 18.4 Å². The summed E-state index contributed by atoms with van der Waals surface area (Å²) in [7, 11) is 1.67. The minimum Gasteiger partial charge on any atom is -0.378 e. The largest absolute Gasteiger partial charge is 0.378 e. The van der Waals surface area contributed by atoms with Crippen LogP contribution in [-0.4, -0.2) is 40.4 Å². The van der Waals surface area contributed by atoms with Gasteiger partial charge in [0.2, 0.25) is 4.77 Å². The normalized spacial score (nSPS) is 15.3. The predicted molar refractivity (Wildman–Crippen MR) is 77.0 cm³/mol. The van der Waals surface area contributed by atoms with Crippen LogP contribution in [0.15, 0.2) is 0 Å². The molecule has 8 heteroatoms. The third-order valence-corrected chi connectivity index (χ3v) is 4.42. The summed E-state index contributed by atoms with van der Waals surface area (Å²) in [5.41, 5.74) is 0.909. The van der Waals surface area contributed by atoms with E-state index in [1.165, 1.54) is 12.8 Å². The minimum atomic E-state index is 0.453. The molecule has 0 aromatic carbocycles. The van der Waals surface area contributed by atoms with Crippen LogP contribution in [0, 0.1) is 4.77 Å². The summed E-state index contributed by atoms with van der Waals surface area (Å²) < 4.78 is 5.67. The Bertz CT molecular complexity index is 611. The highest BCUT2D eigenvalue weighted by molar-refractivity contribution is 7.71. The molecule has 2 aromatic rings. The van der Waals surface area contributed by atoms with Gasteiger partial charge in [-0.15, -0.1) is 0 Å². The number of hydrogen-bond donors (Lipinski definition) is 2. The molecule has 3 rings (SSSR count). The van der Waals surface area contributed by atoms with Crippen molar-refractivity contribution in [2.24, 2.45) is 0 Å². The Morgan fingerprint density at radius 1 is 1.32 bits per heavy atom. The average Bonchev–Trinajstić information content (AvgIpc) is 3.08. The van der Waals surface area contributed by atoms with Crippen molar-refractivity contribution in [3.05, 3.63) is 10.5 Å². The second-order valence-corrected chi connectivity index (χ2v) is 5.78. The highest BCUT2D eigenvalue weighted by atomic mass is 32.1. The van der Waals surface area contributed by atoms with Crippen LogP contribution in [0.5, 0.6) is 0 Å². The zero-order valence-electron chi connectivity index (χ0n) is 10.6. The second kappa shape index (κ2) is 5.40. The van der Waals surface area contributed by atoms with Crippen LogP contribution in [0.25, 0.3) is 10.7 Å². The summed E-state index contributed by atoms with van der Waals surface area (Å²) in [5, 5.41) is 6.84. The van der Waals surface area contributed by atoms with Crippen LogP contribution in [0.2, 0.25) is 0 Å². The lowest BCUT2D eigenvalue weighted by Gasteiger charge is -2.12. The minimum absolute atomic E-state index is 0.453. The molecule has 0 unspecified atom stereocenters. The molecule has 0 atom stereocenters. The first-order valence-electron chi connectivity index (χ1n) is 6.16. The third kappa shape index (κ3) is 2.56. The Morgan fingerprint density at radius 2 is 2.11 bits per heavy atom. The number of aromatic nitrogens is 4. The van der Waals surface area contributed by atoms with E-state index < -0.39 is 0 Å². The molecule has 1 aliphatic rings. The number of H-pyrrole nitrogens is 2. The van der Waals surface area contributed by atoms with Gasteiger partial charge in [-0.05, 0) is 25.1 Å². The quantitative estimate of drug-likeness (QED) is 0.848. The fraction of sp³-hybridized carbons (Fsp3) is 0.545. The first-order valence-corrected chi connectivity index (χ1v) is 7.39. The molecule has 6 nitrogen and oxygen atoms in total. The van der Waals surface area contributed by atoms with Gasteiger partial charge in [-0.25, -0.2) is 4.98 Å². The van der Waals surface area contributed by atoms with Gasteiger partial charge in [0.25, 0.3) is 0 Å². The highest BCUT2D eigenvalue weighted by Gasteiger charge is 2.21. The molecule has 0 amide bonds. The van der Waals surface area contributed by atoms with E-state index >= 15 is 0 Å². The van der Waals surface area contributed by atoms with E-state index in [4.69, 9.17) is 17.0 Å². The van der Waals surface area contributed by atoms with Gasteiger partial charge in [0.05, 0.1) is 17.2 Å². The molecular formula is C11H15N5OS2. The first-order chi connectivity index (χ1) is 9.28. The number of anilines is 1. The zero-order valence-corrected chi connectivity index (χ0v) is 12.2. The van der Waals surface area contributed by atoms with Gasteiger partial charge in [0, 0.05) is 20.2 Å². The third-order valence-electron chi connectivity index (χ3n) is 3.06. The lowest BCUT2D eigenvalue weighted by atomic mass is 10.3. The Balaban J connectivity index is 1.98. The first kappa shape index (κ1) is 12.8. The van der Waals surface area contributed by atoms with E-state index in [-0.39, 0.29) is 0 Å². The summed E-state index contributed by atoms with van der Waals surface area (Å²) in [6, 6.07) is 0. The SMILES string of the molecule is COCc1nc(N2CCCC2)sc1-c1nc(=S)[nH][nH]1.